The minimum absolute atomic E-state index is 0.0214. The highest BCUT2D eigenvalue weighted by Crippen LogP contribution is 2.45. The van der Waals surface area contributed by atoms with E-state index in [0.717, 1.165) is 9.96 Å². The molecule has 102 valence electrons. The molecule has 1 heterocycles. The third-order valence-corrected chi connectivity index (χ3v) is 4.26. The molecular weight excluding hydrogens is 270 g/mol. The summed E-state index contributed by atoms with van der Waals surface area (Å²) in [5.74, 6) is 1.14. The molecule has 1 aromatic rings. The molecule has 2 N–H and O–H groups in total. The van der Waals surface area contributed by atoms with Crippen LogP contribution in [0.5, 0.6) is 5.75 Å². The van der Waals surface area contributed by atoms with Crippen molar-refractivity contribution in [2.45, 2.75) is 38.0 Å². The topological polar surface area (TPSA) is 61.5 Å². The van der Waals surface area contributed by atoms with E-state index in [4.69, 9.17) is 15.2 Å². The van der Waals surface area contributed by atoms with Crippen molar-refractivity contribution in [3.63, 3.8) is 0 Å². The van der Waals surface area contributed by atoms with Crippen LogP contribution in [0.1, 0.15) is 37.4 Å². The number of thioether (sulfide) groups is 1. The smallest absolute Gasteiger partial charge is 0.350 e. The first-order chi connectivity index (χ1) is 8.51. The number of hydrogen-bond donors (Lipinski definition) is 1. The number of rotatable bonds is 6. The summed E-state index contributed by atoms with van der Waals surface area (Å²) in [4.78, 5) is 12.2. The first-order valence-electron chi connectivity index (χ1n) is 5.90. The number of nitrogen functional groups attached to an aromatic ring is 1. The van der Waals surface area contributed by atoms with Gasteiger partial charge in [-0.05, 0) is 26.5 Å². The molecule has 0 unspecified atom stereocenters. The molecular formula is C12H19NO3S2. The normalized spacial score (nSPS) is 10.7. The standard InChI is InChI=1S/C12H19NO3S2/c1-5-15-11(14)10-8(13)9(16-7(3)4)12(18-10)17-6-2/h7H,5-6,13H2,1-4H3. The van der Waals surface area contributed by atoms with Crippen molar-refractivity contribution in [2.75, 3.05) is 18.1 Å². The molecule has 1 aromatic heterocycles. The summed E-state index contributed by atoms with van der Waals surface area (Å²) in [6, 6.07) is 0. The minimum Gasteiger partial charge on any atom is -0.487 e. The molecule has 0 atom stereocenters. The van der Waals surface area contributed by atoms with Crippen LogP contribution in [-0.2, 0) is 4.74 Å². The Morgan fingerprint density at radius 2 is 2.11 bits per heavy atom. The van der Waals surface area contributed by atoms with Crippen molar-refractivity contribution in [2.24, 2.45) is 0 Å². The Kier molecular flexibility index (Phi) is 5.81. The van der Waals surface area contributed by atoms with Gasteiger partial charge in [0.25, 0.3) is 0 Å². The summed E-state index contributed by atoms with van der Waals surface area (Å²) >= 11 is 2.96. The third kappa shape index (κ3) is 3.55. The Balaban J connectivity index is 3.10. The first kappa shape index (κ1) is 15.2. The second-order valence-electron chi connectivity index (χ2n) is 3.78. The van der Waals surface area contributed by atoms with Crippen molar-refractivity contribution in [1.82, 2.24) is 0 Å². The van der Waals surface area contributed by atoms with Crippen LogP contribution >= 0.6 is 23.1 Å². The van der Waals surface area contributed by atoms with Gasteiger partial charge in [-0.25, -0.2) is 4.79 Å². The predicted octanol–water partition coefficient (Wildman–Crippen LogP) is 3.41. The molecule has 0 spiro atoms. The highest BCUT2D eigenvalue weighted by atomic mass is 32.2. The number of carbonyl (C=O) groups is 1. The average Bonchev–Trinajstić information content (AvgIpc) is 2.58. The average molecular weight is 289 g/mol. The SMILES string of the molecule is CCOC(=O)c1sc(SCC)c(OC(C)C)c1N. The molecule has 1 rings (SSSR count). The lowest BCUT2D eigenvalue weighted by Gasteiger charge is -2.11. The molecule has 0 aliphatic rings. The van der Waals surface area contributed by atoms with Gasteiger partial charge in [0.2, 0.25) is 0 Å². The highest BCUT2D eigenvalue weighted by molar-refractivity contribution is 8.01. The van der Waals surface area contributed by atoms with Crippen LogP contribution in [-0.4, -0.2) is 24.4 Å². The van der Waals surface area contributed by atoms with Gasteiger partial charge in [0, 0.05) is 0 Å². The fraction of sp³-hybridized carbons (Fsp3) is 0.583. The third-order valence-electron chi connectivity index (χ3n) is 1.96. The number of carbonyl (C=O) groups excluding carboxylic acids is 1. The summed E-state index contributed by atoms with van der Waals surface area (Å²) < 4.78 is 11.6. The van der Waals surface area contributed by atoms with E-state index in [-0.39, 0.29) is 12.1 Å². The van der Waals surface area contributed by atoms with Crippen LogP contribution in [0.3, 0.4) is 0 Å². The van der Waals surface area contributed by atoms with Crippen molar-refractivity contribution < 1.29 is 14.3 Å². The fourth-order valence-corrected chi connectivity index (χ4v) is 3.50. The maximum atomic E-state index is 11.8. The van der Waals surface area contributed by atoms with Crippen LogP contribution in [0.4, 0.5) is 5.69 Å². The molecule has 18 heavy (non-hydrogen) atoms. The van der Waals surface area contributed by atoms with Crippen LogP contribution in [0, 0.1) is 0 Å². The lowest BCUT2D eigenvalue weighted by Crippen LogP contribution is -2.09. The molecule has 4 nitrogen and oxygen atoms in total. The van der Waals surface area contributed by atoms with Gasteiger partial charge < -0.3 is 15.2 Å². The van der Waals surface area contributed by atoms with E-state index in [1.807, 2.05) is 20.8 Å². The van der Waals surface area contributed by atoms with Crippen LogP contribution in [0.25, 0.3) is 0 Å². The number of anilines is 1. The number of ether oxygens (including phenoxy) is 2. The molecule has 0 aromatic carbocycles. The summed E-state index contributed by atoms with van der Waals surface area (Å²) in [6.45, 7) is 8.02. The second kappa shape index (κ2) is 6.89. The van der Waals surface area contributed by atoms with E-state index in [1.165, 1.54) is 11.3 Å². The van der Waals surface area contributed by atoms with Gasteiger partial charge in [-0.1, -0.05) is 6.92 Å². The van der Waals surface area contributed by atoms with Crippen molar-refractivity contribution in [3.05, 3.63) is 4.88 Å². The van der Waals surface area contributed by atoms with Crippen LogP contribution in [0.2, 0.25) is 0 Å². The van der Waals surface area contributed by atoms with E-state index in [2.05, 4.69) is 0 Å². The Bertz CT molecular complexity index is 416. The number of esters is 1. The minimum atomic E-state index is -0.378. The lowest BCUT2D eigenvalue weighted by molar-refractivity contribution is 0.0533. The van der Waals surface area contributed by atoms with Gasteiger partial charge in [-0.3, -0.25) is 0 Å². The Labute approximate surface area is 116 Å². The zero-order valence-corrected chi connectivity index (χ0v) is 12.7. The van der Waals surface area contributed by atoms with Gasteiger partial charge in [-0.2, -0.15) is 0 Å². The number of nitrogens with two attached hydrogens (primary N) is 1. The fourth-order valence-electron chi connectivity index (χ4n) is 1.33. The molecule has 0 saturated heterocycles. The number of hydrogen-bond acceptors (Lipinski definition) is 6. The predicted molar refractivity (Wildman–Crippen MR) is 76.8 cm³/mol. The molecule has 0 radical (unpaired) electrons. The van der Waals surface area contributed by atoms with Crippen LogP contribution in [0.15, 0.2) is 4.21 Å². The van der Waals surface area contributed by atoms with E-state index in [1.54, 1.807) is 18.7 Å². The van der Waals surface area contributed by atoms with Crippen molar-refractivity contribution >= 4 is 34.8 Å². The lowest BCUT2D eigenvalue weighted by atomic mass is 10.3. The Hall–Kier alpha value is -0.880. The van der Waals surface area contributed by atoms with Crippen molar-refractivity contribution in [1.29, 1.82) is 0 Å². The van der Waals surface area contributed by atoms with Gasteiger partial charge in [0.1, 0.15) is 14.8 Å². The molecule has 0 aliphatic carbocycles. The largest absolute Gasteiger partial charge is 0.487 e. The molecule has 0 fully saturated rings. The van der Waals surface area contributed by atoms with E-state index in [9.17, 15) is 4.79 Å². The van der Waals surface area contributed by atoms with Gasteiger partial charge in [0.15, 0.2) is 5.75 Å². The monoisotopic (exact) mass is 289 g/mol. The summed E-state index contributed by atoms with van der Waals surface area (Å²) in [6.07, 6.45) is 0.0214. The zero-order chi connectivity index (χ0) is 13.7. The van der Waals surface area contributed by atoms with E-state index >= 15 is 0 Å². The number of thiophene rings is 1. The molecule has 0 aliphatic heterocycles. The van der Waals surface area contributed by atoms with E-state index in [0.29, 0.717) is 22.9 Å². The van der Waals surface area contributed by atoms with Gasteiger partial charge in [-0.15, -0.1) is 23.1 Å². The molecule has 0 bridgehead atoms. The highest BCUT2D eigenvalue weighted by Gasteiger charge is 2.23. The van der Waals surface area contributed by atoms with Gasteiger partial charge >= 0.3 is 5.97 Å². The van der Waals surface area contributed by atoms with E-state index < -0.39 is 0 Å². The summed E-state index contributed by atoms with van der Waals surface area (Å²) in [5.41, 5.74) is 6.38. The summed E-state index contributed by atoms with van der Waals surface area (Å²) in [7, 11) is 0. The maximum absolute atomic E-state index is 11.8. The second-order valence-corrected chi connectivity index (χ2v) is 6.33. The van der Waals surface area contributed by atoms with Crippen molar-refractivity contribution in [3.8, 4) is 5.75 Å². The molecule has 6 heteroatoms. The summed E-state index contributed by atoms with van der Waals surface area (Å²) in [5, 5.41) is 0. The molecule has 0 amide bonds. The molecule has 0 saturated carbocycles. The van der Waals surface area contributed by atoms with Gasteiger partial charge in [0.05, 0.1) is 12.7 Å². The first-order valence-corrected chi connectivity index (χ1v) is 7.70. The Morgan fingerprint density at radius 3 is 2.61 bits per heavy atom. The van der Waals surface area contributed by atoms with Crippen LogP contribution < -0.4 is 10.5 Å². The maximum Gasteiger partial charge on any atom is 0.350 e. The Morgan fingerprint density at radius 1 is 1.44 bits per heavy atom. The zero-order valence-electron chi connectivity index (χ0n) is 11.1. The quantitative estimate of drug-likeness (QED) is 0.642.